The molecule has 0 aliphatic carbocycles. The molecule has 0 spiro atoms. The Morgan fingerprint density at radius 3 is 2.81 bits per heavy atom. The summed E-state index contributed by atoms with van der Waals surface area (Å²) in [5.74, 6) is 0. The summed E-state index contributed by atoms with van der Waals surface area (Å²) in [6, 6.07) is 2.59. The van der Waals surface area contributed by atoms with Gasteiger partial charge in [0.15, 0.2) is 0 Å². The first-order chi connectivity index (χ1) is 7.66. The monoisotopic (exact) mass is 221 g/mol. The van der Waals surface area contributed by atoms with Gasteiger partial charge in [-0.2, -0.15) is 0 Å². The maximum Gasteiger partial charge on any atom is 0.0442 e. The smallest absolute Gasteiger partial charge is 0.0442 e. The van der Waals surface area contributed by atoms with E-state index in [1.165, 1.54) is 11.3 Å². The van der Waals surface area contributed by atoms with Crippen LogP contribution in [0.1, 0.15) is 32.8 Å². The minimum Gasteiger partial charge on any atom is -0.372 e. The largest absolute Gasteiger partial charge is 0.372 e. The zero-order valence-corrected chi connectivity index (χ0v) is 10.8. The number of anilines is 1. The SMILES string of the molecule is CCCNCc1cnccc1N(C)C(C)C. The zero-order chi connectivity index (χ0) is 12.0. The van der Waals surface area contributed by atoms with E-state index in [1.807, 2.05) is 12.4 Å². The van der Waals surface area contributed by atoms with Crippen LogP contribution in [0, 0.1) is 0 Å². The summed E-state index contributed by atoms with van der Waals surface area (Å²) >= 11 is 0. The Morgan fingerprint density at radius 2 is 2.19 bits per heavy atom. The maximum atomic E-state index is 4.20. The van der Waals surface area contributed by atoms with Gasteiger partial charge in [-0.3, -0.25) is 4.98 Å². The van der Waals surface area contributed by atoms with Gasteiger partial charge in [0.05, 0.1) is 0 Å². The van der Waals surface area contributed by atoms with Gasteiger partial charge in [0.1, 0.15) is 0 Å². The van der Waals surface area contributed by atoms with E-state index >= 15 is 0 Å². The van der Waals surface area contributed by atoms with E-state index < -0.39 is 0 Å². The molecule has 0 radical (unpaired) electrons. The lowest BCUT2D eigenvalue weighted by Crippen LogP contribution is -2.27. The molecule has 1 aromatic heterocycles. The minimum atomic E-state index is 0.507. The van der Waals surface area contributed by atoms with Crippen molar-refractivity contribution in [1.29, 1.82) is 0 Å². The first-order valence-corrected chi connectivity index (χ1v) is 6.03. The molecule has 0 fully saturated rings. The van der Waals surface area contributed by atoms with Crippen LogP contribution in [-0.4, -0.2) is 24.6 Å². The standard InChI is InChI=1S/C13H23N3/c1-5-7-14-9-12-10-15-8-6-13(12)16(4)11(2)3/h6,8,10-11,14H,5,7,9H2,1-4H3. The molecule has 0 bridgehead atoms. The van der Waals surface area contributed by atoms with Crippen molar-refractivity contribution in [3.8, 4) is 0 Å². The van der Waals surface area contributed by atoms with Gasteiger partial charge in [-0.05, 0) is 32.9 Å². The highest BCUT2D eigenvalue weighted by Crippen LogP contribution is 2.19. The van der Waals surface area contributed by atoms with Crippen LogP contribution in [0.5, 0.6) is 0 Å². The number of pyridine rings is 1. The third kappa shape index (κ3) is 3.49. The van der Waals surface area contributed by atoms with Gasteiger partial charge in [0.2, 0.25) is 0 Å². The van der Waals surface area contributed by atoms with Gasteiger partial charge >= 0.3 is 0 Å². The zero-order valence-electron chi connectivity index (χ0n) is 10.8. The lowest BCUT2D eigenvalue weighted by atomic mass is 10.2. The van der Waals surface area contributed by atoms with Crippen molar-refractivity contribution in [1.82, 2.24) is 10.3 Å². The highest BCUT2D eigenvalue weighted by Gasteiger charge is 2.09. The van der Waals surface area contributed by atoms with Crippen molar-refractivity contribution >= 4 is 5.69 Å². The van der Waals surface area contributed by atoms with E-state index in [1.54, 1.807) is 0 Å². The topological polar surface area (TPSA) is 28.2 Å². The highest BCUT2D eigenvalue weighted by atomic mass is 15.1. The van der Waals surface area contributed by atoms with Crippen molar-refractivity contribution in [3.05, 3.63) is 24.0 Å². The molecule has 0 atom stereocenters. The Labute approximate surface area is 98.9 Å². The number of rotatable bonds is 6. The van der Waals surface area contributed by atoms with E-state index in [4.69, 9.17) is 0 Å². The van der Waals surface area contributed by atoms with E-state index in [-0.39, 0.29) is 0 Å². The van der Waals surface area contributed by atoms with Crippen molar-refractivity contribution in [3.63, 3.8) is 0 Å². The quantitative estimate of drug-likeness (QED) is 0.748. The Hall–Kier alpha value is -1.09. The van der Waals surface area contributed by atoms with E-state index in [9.17, 15) is 0 Å². The Kier molecular flexibility index (Phi) is 5.26. The summed E-state index contributed by atoms with van der Waals surface area (Å²) in [5.41, 5.74) is 2.54. The van der Waals surface area contributed by atoms with Gasteiger partial charge in [-0.25, -0.2) is 0 Å². The van der Waals surface area contributed by atoms with Gasteiger partial charge in [-0.15, -0.1) is 0 Å². The second-order valence-corrected chi connectivity index (χ2v) is 4.39. The fraction of sp³-hybridized carbons (Fsp3) is 0.615. The number of aromatic nitrogens is 1. The van der Waals surface area contributed by atoms with Gasteiger partial charge in [0, 0.05) is 43.3 Å². The maximum absolute atomic E-state index is 4.20. The number of nitrogens with one attached hydrogen (secondary N) is 1. The molecule has 0 amide bonds. The molecule has 0 aromatic carbocycles. The summed E-state index contributed by atoms with van der Waals surface area (Å²) < 4.78 is 0. The van der Waals surface area contributed by atoms with Crippen LogP contribution in [-0.2, 0) is 6.54 Å². The fourth-order valence-corrected chi connectivity index (χ4v) is 1.58. The Balaban J connectivity index is 2.75. The molecule has 3 nitrogen and oxygen atoms in total. The van der Waals surface area contributed by atoms with Crippen LogP contribution in [0.2, 0.25) is 0 Å². The molecule has 1 aromatic rings. The molecule has 1 rings (SSSR count). The van der Waals surface area contributed by atoms with Crippen molar-refractivity contribution in [2.45, 2.75) is 39.8 Å². The summed E-state index contributed by atoms with van der Waals surface area (Å²) in [7, 11) is 2.13. The van der Waals surface area contributed by atoms with Gasteiger partial charge < -0.3 is 10.2 Å². The predicted octanol–water partition coefficient (Wildman–Crippen LogP) is 2.43. The van der Waals surface area contributed by atoms with Crippen LogP contribution in [0.4, 0.5) is 5.69 Å². The van der Waals surface area contributed by atoms with Crippen LogP contribution in [0.3, 0.4) is 0 Å². The average molecular weight is 221 g/mol. The van der Waals surface area contributed by atoms with E-state index in [2.05, 4.69) is 49.1 Å². The second-order valence-electron chi connectivity index (χ2n) is 4.39. The lowest BCUT2D eigenvalue weighted by molar-refractivity contribution is 0.667. The molecule has 90 valence electrons. The van der Waals surface area contributed by atoms with Crippen LogP contribution in [0.15, 0.2) is 18.5 Å². The number of hydrogen-bond acceptors (Lipinski definition) is 3. The van der Waals surface area contributed by atoms with Gasteiger partial charge in [0.25, 0.3) is 0 Å². The van der Waals surface area contributed by atoms with Crippen molar-refractivity contribution < 1.29 is 0 Å². The predicted molar refractivity (Wildman–Crippen MR) is 69.8 cm³/mol. The molecule has 1 heterocycles. The van der Waals surface area contributed by atoms with E-state index in [0.29, 0.717) is 6.04 Å². The summed E-state index contributed by atoms with van der Waals surface area (Å²) in [4.78, 5) is 6.48. The normalized spacial score (nSPS) is 10.8. The Bertz CT molecular complexity index is 310. The molecular weight excluding hydrogens is 198 g/mol. The first-order valence-electron chi connectivity index (χ1n) is 6.03. The highest BCUT2D eigenvalue weighted by molar-refractivity contribution is 5.52. The molecule has 0 saturated heterocycles. The van der Waals surface area contributed by atoms with Crippen LogP contribution < -0.4 is 10.2 Å². The third-order valence-corrected chi connectivity index (χ3v) is 2.77. The third-order valence-electron chi connectivity index (χ3n) is 2.77. The molecule has 3 heteroatoms. The minimum absolute atomic E-state index is 0.507. The molecule has 0 unspecified atom stereocenters. The molecular formula is C13H23N3. The fourth-order valence-electron chi connectivity index (χ4n) is 1.58. The second kappa shape index (κ2) is 6.48. The first kappa shape index (κ1) is 13.0. The summed E-state index contributed by atoms with van der Waals surface area (Å²) in [6.45, 7) is 8.53. The molecule has 0 saturated carbocycles. The summed E-state index contributed by atoms with van der Waals surface area (Å²) in [6.07, 6.45) is 4.98. The van der Waals surface area contributed by atoms with Crippen molar-refractivity contribution in [2.75, 3.05) is 18.5 Å². The Morgan fingerprint density at radius 1 is 1.44 bits per heavy atom. The molecule has 16 heavy (non-hydrogen) atoms. The lowest BCUT2D eigenvalue weighted by Gasteiger charge is -2.26. The molecule has 0 aliphatic rings. The number of hydrogen-bond donors (Lipinski definition) is 1. The average Bonchev–Trinajstić information content (AvgIpc) is 2.29. The number of nitrogens with zero attached hydrogens (tertiary/aromatic N) is 2. The molecule has 0 aliphatic heterocycles. The van der Waals surface area contributed by atoms with Gasteiger partial charge in [-0.1, -0.05) is 6.92 Å². The van der Waals surface area contributed by atoms with Crippen molar-refractivity contribution in [2.24, 2.45) is 0 Å². The molecule has 1 N–H and O–H groups in total. The summed E-state index contributed by atoms with van der Waals surface area (Å²) in [5, 5.41) is 3.42. The van der Waals surface area contributed by atoms with Crippen LogP contribution >= 0.6 is 0 Å². The van der Waals surface area contributed by atoms with E-state index in [0.717, 1.165) is 19.5 Å². The van der Waals surface area contributed by atoms with Crippen LogP contribution in [0.25, 0.3) is 0 Å².